The van der Waals surface area contributed by atoms with Crippen LogP contribution in [0.15, 0.2) is 30.1 Å². The van der Waals surface area contributed by atoms with Gasteiger partial charge in [0.2, 0.25) is 0 Å². The van der Waals surface area contributed by atoms with Crippen LogP contribution in [0, 0.1) is 5.92 Å². The number of allylic oxidation sites excluding steroid dienone is 1. The predicted octanol–water partition coefficient (Wildman–Crippen LogP) is 3.66. The number of hydrogen-bond acceptors (Lipinski definition) is 2. The van der Waals surface area contributed by atoms with Crippen molar-refractivity contribution in [3.8, 4) is 0 Å². The van der Waals surface area contributed by atoms with Crippen molar-refractivity contribution in [1.82, 2.24) is 9.88 Å². The highest BCUT2D eigenvalue weighted by atomic mass is 16.1. The molecule has 0 saturated heterocycles. The number of nitrogens with zero attached hydrogens (tertiary/aromatic N) is 1. The molecule has 1 aromatic carbocycles. The van der Waals surface area contributed by atoms with E-state index < -0.39 is 0 Å². The van der Waals surface area contributed by atoms with E-state index in [0.29, 0.717) is 12.5 Å². The average Bonchev–Trinajstić information content (AvgIpc) is 3.28. The van der Waals surface area contributed by atoms with Gasteiger partial charge in [0.1, 0.15) is 0 Å². The van der Waals surface area contributed by atoms with Crippen LogP contribution in [0.25, 0.3) is 16.5 Å². The lowest BCUT2D eigenvalue weighted by Crippen LogP contribution is -2.15. The molecule has 0 amide bonds. The van der Waals surface area contributed by atoms with Gasteiger partial charge >= 0.3 is 0 Å². The monoisotopic (exact) mass is 306 g/mol. The van der Waals surface area contributed by atoms with Crippen LogP contribution in [0.5, 0.6) is 0 Å². The third kappa shape index (κ3) is 1.92. The second-order valence-electron chi connectivity index (χ2n) is 7.20. The average molecular weight is 306 g/mol. The van der Waals surface area contributed by atoms with Crippen molar-refractivity contribution in [3.63, 3.8) is 0 Å². The van der Waals surface area contributed by atoms with E-state index in [4.69, 9.17) is 0 Å². The van der Waals surface area contributed by atoms with Crippen molar-refractivity contribution in [2.75, 3.05) is 6.54 Å². The molecule has 118 valence electrons. The summed E-state index contributed by atoms with van der Waals surface area (Å²) in [5, 5.41) is 4.71. The number of hydrogen-bond donors (Lipinski definition) is 1. The Hall–Kier alpha value is -2.03. The van der Waals surface area contributed by atoms with Gasteiger partial charge in [0.15, 0.2) is 5.78 Å². The molecular formula is C20H22N2O. The van der Waals surface area contributed by atoms with Gasteiger partial charge in [0.05, 0.1) is 12.1 Å². The molecule has 3 aliphatic rings. The van der Waals surface area contributed by atoms with Crippen molar-refractivity contribution < 1.29 is 4.79 Å². The van der Waals surface area contributed by atoms with E-state index in [9.17, 15) is 4.79 Å². The molecule has 0 unspecified atom stereocenters. The molecule has 2 aliphatic heterocycles. The zero-order valence-corrected chi connectivity index (χ0v) is 13.4. The highest BCUT2D eigenvalue weighted by Crippen LogP contribution is 2.40. The van der Waals surface area contributed by atoms with E-state index in [2.05, 4.69) is 34.3 Å². The third-order valence-corrected chi connectivity index (χ3v) is 5.85. The molecular weight excluding hydrogens is 284 g/mol. The molecule has 0 atom stereocenters. The van der Waals surface area contributed by atoms with Crippen molar-refractivity contribution >= 4 is 22.3 Å². The summed E-state index contributed by atoms with van der Waals surface area (Å²) >= 11 is 0. The Morgan fingerprint density at radius 1 is 1.13 bits per heavy atom. The lowest BCUT2D eigenvalue weighted by Gasteiger charge is -2.14. The second kappa shape index (κ2) is 4.98. The van der Waals surface area contributed by atoms with Gasteiger partial charge in [-0.25, -0.2) is 0 Å². The van der Waals surface area contributed by atoms with Crippen molar-refractivity contribution in [2.45, 2.75) is 45.1 Å². The number of carbonyl (C=O) groups is 1. The van der Waals surface area contributed by atoms with Gasteiger partial charge in [-0.15, -0.1) is 0 Å². The Kier molecular flexibility index (Phi) is 2.91. The molecule has 1 fully saturated rings. The summed E-state index contributed by atoms with van der Waals surface area (Å²) in [6.45, 7) is 1.55. The van der Waals surface area contributed by atoms with Crippen LogP contribution in [0.2, 0.25) is 0 Å². The van der Waals surface area contributed by atoms with E-state index in [1.807, 2.05) is 0 Å². The lowest BCUT2D eigenvalue weighted by molar-refractivity contribution is -0.112. The standard InChI is InChI=1S/C20H22N2O/c23-17-11-21-19(13-5-1-2-6-13)18(17)16-12-22-10-4-8-14-7-3-9-15(16)20(14)22/h3,7,9,12-13,21H,1-2,4-6,8,10-11H2. The Morgan fingerprint density at radius 3 is 2.87 bits per heavy atom. The number of benzene rings is 1. The summed E-state index contributed by atoms with van der Waals surface area (Å²) in [5.74, 6) is 0.832. The smallest absolute Gasteiger partial charge is 0.184 e. The van der Waals surface area contributed by atoms with Gasteiger partial charge in [0.25, 0.3) is 0 Å². The SMILES string of the molecule is O=C1CNC(C2CCCC2)=C1c1cn2c3c(cccc13)CCC2. The van der Waals surface area contributed by atoms with Crippen LogP contribution in [-0.2, 0) is 17.8 Å². The summed E-state index contributed by atoms with van der Waals surface area (Å²) < 4.78 is 2.37. The Morgan fingerprint density at radius 2 is 2.00 bits per heavy atom. The normalized spacial score (nSPS) is 21.5. The molecule has 2 aromatic rings. The lowest BCUT2D eigenvalue weighted by atomic mass is 9.93. The van der Waals surface area contributed by atoms with E-state index in [0.717, 1.165) is 18.5 Å². The molecule has 0 bridgehead atoms. The highest BCUT2D eigenvalue weighted by Gasteiger charge is 2.32. The van der Waals surface area contributed by atoms with Crippen molar-refractivity contribution in [1.29, 1.82) is 0 Å². The van der Waals surface area contributed by atoms with Gasteiger partial charge in [-0.05, 0) is 37.2 Å². The summed E-state index contributed by atoms with van der Waals surface area (Å²) in [4.78, 5) is 12.7. The second-order valence-corrected chi connectivity index (χ2v) is 7.20. The first kappa shape index (κ1) is 13.4. The molecule has 3 heterocycles. The fourth-order valence-electron chi connectivity index (χ4n) is 4.82. The zero-order valence-electron chi connectivity index (χ0n) is 13.4. The van der Waals surface area contributed by atoms with Crippen LogP contribution >= 0.6 is 0 Å². The topological polar surface area (TPSA) is 34.0 Å². The zero-order chi connectivity index (χ0) is 15.4. The molecule has 1 N–H and O–H groups in total. The molecule has 3 nitrogen and oxygen atoms in total. The fourth-order valence-corrected chi connectivity index (χ4v) is 4.82. The summed E-state index contributed by atoms with van der Waals surface area (Å²) in [5.41, 5.74) is 6.17. The number of para-hydroxylation sites is 1. The fraction of sp³-hybridized carbons (Fsp3) is 0.450. The third-order valence-electron chi connectivity index (χ3n) is 5.85. The summed E-state index contributed by atoms with van der Waals surface area (Å²) in [6, 6.07) is 6.59. The van der Waals surface area contributed by atoms with E-state index in [-0.39, 0.29) is 5.78 Å². The van der Waals surface area contributed by atoms with Crippen LogP contribution in [0.4, 0.5) is 0 Å². The minimum Gasteiger partial charge on any atom is -0.380 e. The number of rotatable bonds is 2. The van der Waals surface area contributed by atoms with Crippen molar-refractivity contribution in [2.24, 2.45) is 5.92 Å². The number of aryl methyl sites for hydroxylation is 2. The van der Waals surface area contributed by atoms with Crippen molar-refractivity contribution in [3.05, 3.63) is 41.2 Å². The number of Topliss-reactive ketones (excluding diaryl/α,β-unsaturated/α-hetero) is 1. The maximum Gasteiger partial charge on any atom is 0.184 e. The van der Waals surface area contributed by atoms with Crippen LogP contribution in [-0.4, -0.2) is 16.9 Å². The molecule has 1 aromatic heterocycles. The Balaban J connectivity index is 1.74. The summed E-state index contributed by atoms with van der Waals surface area (Å²) in [7, 11) is 0. The maximum absolute atomic E-state index is 12.7. The molecule has 0 spiro atoms. The predicted molar refractivity (Wildman–Crippen MR) is 92.1 cm³/mol. The van der Waals surface area contributed by atoms with Gasteiger partial charge in [-0.2, -0.15) is 0 Å². The molecule has 0 radical (unpaired) electrons. The van der Waals surface area contributed by atoms with Gasteiger partial charge < -0.3 is 9.88 Å². The van der Waals surface area contributed by atoms with Crippen LogP contribution in [0.3, 0.4) is 0 Å². The molecule has 3 heteroatoms. The highest BCUT2D eigenvalue weighted by molar-refractivity contribution is 6.27. The first-order valence-electron chi connectivity index (χ1n) is 8.95. The molecule has 5 rings (SSSR count). The largest absolute Gasteiger partial charge is 0.380 e. The number of aromatic nitrogens is 1. The molecule has 23 heavy (non-hydrogen) atoms. The first-order valence-corrected chi connectivity index (χ1v) is 8.95. The number of ketones is 1. The number of carbonyl (C=O) groups excluding carboxylic acids is 1. The van der Waals surface area contributed by atoms with Gasteiger partial charge in [-0.1, -0.05) is 31.0 Å². The van der Waals surface area contributed by atoms with E-state index in [1.165, 1.54) is 59.8 Å². The minimum absolute atomic E-state index is 0.274. The minimum atomic E-state index is 0.274. The van der Waals surface area contributed by atoms with E-state index >= 15 is 0 Å². The van der Waals surface area contributed by atoms with Crippen LogP contribution < -0.4 is 5.32 Å². The van der Waals surface area contributed by atoms with Crippen LogP contribution in [0.1, 0.15) is 43.2 Å². The van der Waals surface area contributed by atoms with Gasteiger partial charge in [-0.3, -0.25) is 4.79 Å². The molecule has 1 aliphatic carbocycles. The Bertz CT molecular complexity index is 837. The van der Waals surface area contributed by atoms with Gasteiger partial charge in [0, 0.05) is 35.0 Å². The number of nitrogens with one attached hydrogen (secondary N) is 1. The van der Waals surface area contributed by atoms with E-state index in [1.54, 1.807) is 0 Å². The maximum atomic E-state index is 12.7. The molecule has 1 saturated carbocycles. The Labute approximate surface area is 136 Å². The first-order chi connectivity index (χ1) is 11.3. The quantitative estimate of drug-likeness (QED) is 0.918. The summed E-state index contributed by atoms with van der Waals surface area (Å²) in [6.07, 6.45) is 9.63.